The summed E-state index contributed by atoms with van der Waals surface area (Å²) in [5.41, 5.74) is -0.206. The minimum atomic E-state index is -1.28. The molecule has 0 unspecified atom stereocenters. The monoisotopic (exact) mass is 422 g/mol. The topological polar surface area (TPSA) is 162 Å². The molecule has 0 spiro atoms. The van der Waals surface area contributed by atoms with Crippen LogP contribution in [0.2, 0.25) is 0 Å². The highest BCUT2D eigenvalue weighted by Crippen LogP contribution is 2.31. The number of hydrogen-bond donors (Lipinski definition) is 0. The highest BCUT2D eigenvalue weighted by Gasteiger charge is 2.51. The molecule has 0 bridgehead atoms. The first-order valence-corrected chi connectivity index (χ1v) is 8.89. The third-order valence-corrected chi connectivity index (χ3v) is 3.88. The molecule has 1 heterocycles. The quantitative estimate of drug-likeness (QED) is 0.318. The first-order chi connectivity index (χ1) is 14.1. The van der Waals surface area contributed by atoms with Gasteiger partial charge in [-0.15, -0.1) is 0 Å². The lowest BCUT2D eigenvalue weighted by molar-refractivity contribution is -0.251. The molecule has 11 nitrogen and oxygen atoms in total. The Morgan fingerprint density at radius 3 is 1.70 bits per heavy atom. The highest BCUT2D eigenvalue weighted by atomic mass is 16.7. The summed E-state index contributed by atoms with van der Waals surface area (Å²) in [6, 6.07) is 3.38. The Labute approximate surface area is 173 Å². The van der Waals surface area contributed by atoms with Gasteiger partial charge in [-0.2, -0.15) is 10.5 Å². The minimum Gasteiger partial charge on any atom is -0.463 e. The average molecular weight is 422 g/mol. The first kappa shape index (κ1) is 24.6. The number of allylic oxidation sites excluding steroid dienone is 1. The average Bonchev–Trinajstić information content (AvgIpc) is 2.64. The standard InChI is InChI=1S/C19H22N2O9/c1-10(22)26-9-16-18(28-12(3)24)19(29-13(4)25)17(27-11(2)23)15(30-16)6-5-14(7-20)8-21/h5,15-19H,6,9H2,1-4H3/t15-,16-,17+,18+,19-/m1/s1. The normalized spacial score (nSPS) is 24.9. The number of rotatable bonds is 7. The molecule has 1 rings (SSSR count). The smallest absolute Gasteiger partial charge is 0.303 e. The summed E-state index contributed by atoms with van der Waals surface area (Å²) < 4.78 is 26.6. The maximum Gasteiger partial charge on any atom is 0.303 e. The van der Waals surface area contributed by atoms with Crippen LogP contribution in [0, 0.1) is 22.7 Å². The van der Waals surface area contributed by atoms with Crippen molar-refractivity contribution in [3.05, 3.63) is 11.6 Å². The van der Waals surface area contributed by atoms with Gasteiger partial charge in [0.15, 0.2) is 18.3 Å². The lowest BCUT2D eigenvalue weighted by Crippen LogP contribution is -2.62. The summed E-state index contributed by atoms with van der Waals surface area (Å²) in [4.78, 5) is 46.2. The summed E-state index contributed by atoms with van der Waals surface area (Å²) in [7, 11) is 0. The molecule has 5 atom stereocenters. The zero-order valence-corrected chi connectivity index (χ0v) is 16.9. The van der Waals surface area contributed by atoms with Gasteiger partial charge in [-0.05, 0) is 6.42 Å². The molecule has 1 fully saturated rings. The summed E-state index contributed by atoms with van der Waals surface area (Å²) in [6.07, 6.45) is -4.63. The molecule has 1 aliphatic rings. The van der Waals surface area contributed by atoms with Crippen LogP contribution in [0.25, 0.3) is 0 Å². The van der Waals surface area contributed by atoms with Crippen molar-refractivity contribution in [2.45, 2.75) is 64.6 Å². The van der Waals surface area contributed by atoms with Gasteiger partial charge in [0, 0.05) is 27.7 Å². The molecule has 0 aromatic heterocycles. The van der Waals surface area contributed by atoms with E-state index in [1.807, 2.05) is 0 Å². The molecule has 1 aliphatic heterocycles. The minimum absolute atomic E-state index is 0.0739. The Balaban J connectivity index is 3.38. The molecule has 1 saturated heterocycles. The van der Waals surface area contributed by atoms with E-state index in [0.29, 0.717) is 0 Å². The van der Waals surface area contributed by atoms with E-state index in [9.17, 15) is 19.2 Å². The van der Waals surface area contributed by atoms with Crippen molar-refractivity contribution >= 4 is 23.9 Å². The van der Waals surface area contributed by atoms with Gasteiger partial charge in [0.25, 0.3) is 0 Å². The number of esters is 4. The van der Waals surface area contributed by atoms with Crippen LogP contribution >= 0.6 is 0 Å². The first-order valence-electron chi connectivity index (χ1n) is 8.89. The van der Waals surface area contributed by atoms with Crippen LogP contribution < -0.4 is 0 Å². The second-order valence-corrected chi connectivity index (χ2v) is 6.31. The largest absolute Gasteiger partial charge is 0.463 e. The second-order valence-electron chi connectivity index (χ2n) is 6.31. The number of ether oxygens (including phenoxy) is 5. The van der Waals surface area contributed by atoms with E-state index >= 15 is 0 Å². The van der Waals surface area contributed by atoms with Gasteiger partial charge in [0.05, 0.1) is 0 Å². The molecule has 0 saturated carbocycles. The summed E-state index contributed by atoms with van der Waals surface area (Å²) in [6.45, 7) is 4.18. The maximum absolute atomic E-state index is 11.7. The van der Waals surface area contributed by atoms with E-state index in [-0.39, 0.29) is 18.6 Å². The van der Waals surface area contributed by atoms with Crippen LogP contribution in [0.1, 0.15) is 34.1 Å². The van der Waals surface area contributed by atoms with Gasteiger partial charge in [0.2, 0.25) is 0 Å². The van der Waals surface area contributed by atoms with Gasteiger partial charge in [0.1, 0.15) is 36.5 Å². The number of nitriles is 2. The lowest BCUT2D eigenvalue weighted by Gasteiger charge is -2.44. The second kappa shape index (κ2) is 11.5. The third-order valence-electron chi connectivity index (χ3n) is 3.88. The lowest BCUT2D eigenvalue weighted by atomic mass is 9.92. The van der Waals surface area contributed by atoms with Crippen LogP contribution in [0.15, 0.2) is 11.6 Å². The highest BCUT2D eigenvalue weighted by molar-refractivity contribution is 5.68. The molecule has 0 radical (unpaired) electrons. The fraction of sp³-hybridized carbons (Fsp3) is 0.579. The van der Waals surface area contributed by atoms with E-state index in [0.717, 1.165) is 20.8 Å². The van der Waals surface area contributed by atoms with Gasteiger partial charge < -0.3 is 23.7 Å². The van der Waals surface area contributed by atoms with Crippen LogP contribution in [0.3, 0.4) is 0 Å². The molecule has 162 valence electrons. The Morgan fingerprint density at radius 2 is 1.27 bits per heavy atom. The van der Waals surface area contributed by atoms with Crippen molar-refractivity contribution in [3.8, 4) is 12.1 Å². The zero-order valence-electron chi connectivity index (χ0n) is 16.9. The number of nitrogens with zero attached hydrogens (tertiary/aromatic N) is 2. The number of carbonyl (C=O) groups excluding carboxylic acids is 4. The van der Waals surface area contributed by atoms with E-state index in [1.165, 1.54) is 13.0 Å². The molecule has 30 heavy (non-hydrogen) atoms. The van der Waals surface area contributed by atoms with Crippen molar-refractivity contribution in [1.29, 1.82) is 10.5 Å². The zero-order chi connectivity index (χ0) is 22.8. The third kappa shape index (κ3) is 7.53. The van der Waals surface area contributed by atoms with Gasteiger partial charge >= 0.3 is 23.9 Å². The molecule has 0 amide bonds. The molecular weight excluding hydrogens is 400 g/mol. The predicted octanol–water partition coefficient (Wildman–Crippen LogP) is 0.476. The molecule has 0 aromatic carbocycles. The van der Waals surface area contributed by atoms with E-state index in [4.69, 9.17) is 34.2 Å². The fourth-order valence-corrected chi connectivity index (χ4v) is 2.86. The number of hydrogen-bond acceptors (Lipinski definition) is 11. The van der Waals surface area contributed by atoms with Crippen LogP contribution in [0.5, 0.6) is 0 Å². The molecule has 0 aliphatic carbocycles. The van der Waals surface area contributed by atoms with E-state index in [2.05, 4.69) is 0 Å². The SMILES string of the molecule is CC(=O)OC[C@H]1O[C@H](CC=C(C#N)C#N)[C@H](OC(C)=O)[C@@H](OC(C)=O)[C@H]1OC(C)=O. The fourth-order valence-electron chi connectivity index (χ4n) is 2.86. The molecule has 0 aromatic rings. The Hall–Kier alpha value is -3.44. The van der Waals surface area contributed by atoms with Gasteiger partial charge in [-0.1, -0.05) is 6.08 Å². The predicted molar refractivity (Wildman–Crippen MR) is 95.9 cm³/mol. The Bertz CT molecular complexity index is 777. The van der Waals surface area contributed by atoms with Crippen molar-refractivity contribution in [2.24, 2.45) is 0 Å². The van der Waals surface area contributed by atoms with Crippen molar-refractivity contribution in [3.63, 3.8) is 0 Å². The van der Waals surface area contributed by atoms with E-state index in [1.54, 1.807) is 12.1 Å². The summed E-state index contributed by atoms with van der Waals surface area (Å²) in [5.74, 6) is -2.83. The van der Waals surface area contributed by atoms with Gasteiger partial charge in [-0.3, -0.25) is 19.2 Å². The molecule has 0 N–H and O–H groups in total. The summed E-state index contributed by atoms with van der Waals surface area (Å²) >= 11 is 0. The number of carbonyl (C=O) groups is 4. The van der Waals surface area contributed by atoms with Gasteiger partial charge in [-0.25, -0.2) is 0 Å². The van der Waals surface area contributed by atoms with Crippen LogP contribution in [-0.2, 0) is 42.9 Å². The van der Waals surface area contributed by atoms with Crippen molar-refractivity contribution in [2.75, 3.05) is 6.61 Å². The molecule has 11 heteroatoms. The maximum atomic E-state index is 11.7. The Kier molecular flexibility index (Phi) is 9.46. The van der Waals surface area contributed by atoms with Crippen molar-refractivity contribution < 1.29 is 42.9 Å². The van der Waals surface area contributed by atoms with E-state index < -0.39 is 54.4 Å². The van der Waals surface area contributed by atoms with Crippen LogP contribution in [0.4, 0.5) is 0 Å². The molecular formula is C19H22N2O9. The van der Waals surface area contributed by atoms with Crippen LogP contribution in [-0.4, -0.2) is 61.0 Å². The summed E-state index contributed by atoms with van der Waals surface area (Å²) in [5, 5.41) is 17.8. The van der Waals surface area contributed by atoms with Crippen molar-refractivity contribution in [1.82, 2.24) is 0 Å². The Morgan fingerprint density at radius 1 is 0.800 bits per heavy atom.